The largest absolute Gasteiger partial charge is 0.481 e. The van der Waals surface area contributed by atoms with Crippen LogP contribution in [0.2, 0.25) is 5.02 Å². The normalized spacial score (nSPS) is 18.1. The van der Waals surface area contributed by atoms with Gasteiger partial charge >= 0.3 is 0 Å². The van der Waals surface area contributed by atoms with Gasteiger partial charge in [-0.05, 0) is 49.8 Å². The molecular weight excluding hydrogens is 468 g/mol. The van der Waals surface area contributed by atoms with Crippen LogP contribution in [0, 0.1) is 5.92 Å². The first-order valence-electron chi connectivity index (χ1n) is 11.8. The molecule has 35 heavy (non-hydrogen) atoms. The Kier molecular flexibility index (Phi) is 6.68. The molecule has 1 fully saturated rings. The number of hydrogen-bond donors (Lipinski definition) is 2. The predicted molar refractivity (Wildman–Crippen MR) is 130 cm³/mol. The van der Waals surface area contributed by atoms with E-state index in [0.717, 1.165) is 25.0 Å². The molecule has 9 nitrogen and oxygen atoms in total. The van der Waals surface area contributed by atoms with Crippen LogP contribution in [0.4, 0.5) is 0 Å². The van der Waals surface area contributed by atoms with E-state index in [4.69, 9.17) is 16.3 Å². The predicted octanol–water partition coefficient (Wildman–Crippen LogP) is 3.57. The summed E-state index contributed by atoms with van der Waals surface area (Å²) in [6, 6.07) is 7.35. The van der Waals surface area contributed by atoms with E-state index in [1.807, 2.05) is 6.07 Å². The Bertz CT molecular complexity index is 1240. The third-order valence-corrected chi connectivity index (χ3v) is 7.09. The molecule has 182 valence electrons. The number of pyridine rings is 2. The number of methoxy groups -OCH3 is 1. The van der Waals surface area contributed by atoms with Crippen molar-refractivity contribution >= 4 is 23.4 Å². The molecule has 0 unspecified atom stereocenters. The number of nitrogens with zero attached hydrogens (tertiary/aromatic N) is 4. The van der Waals surface area contributed by atoms with Crippen molar-refractivity contribution in [3.8, 4) is 17.1 Å². The van der Waals surface area contributed by atoms with E-state index in [2.05, 4.69) is 31.5 Å². The van der Waals surface area contributed by atoms with Gasteiger partial charge in [0.15, 0.2) is 0 Å². The van der Waals surface area contributed by atoms with E-state index in [1.165, 1.54) is 18.9 Å². The van der Waals surface area contributed by atoms with Crippen molar-refractivity contribution in [3.63, 3.8) is 0 Å². The first kappa shape index (κ1) is 23.3. The van der Waals surface area contributed by atoms with Crippen molar-refractivity contribution in [1.82, 2.24) is 30.4 Å². The lowest BCUT2D eigenvalue weighted by atomic mass is 9.90. The van der Waals surface area contributed by atoms with Gasteiger partial charge in [-0.15, -0.1) is 0 Å². The van der Waals surface area contributed by atoms with Crippen LogP contribution in [-0.4, -0.2) is 57.1 Å². The number of likely N-dealkylation sites (tertiary alicyclic amines) is 1. The first-order valence-corrected chi connectivity index (χ1v) is 12.2. The van der Waals surface area contributed by atoms with Gasteiger partial charge in [0.2, 0.25) is 11.8 Å². The second-order valence-electron chi connectivity index (χ2n) is 8.94. The fraction of sp³-hybridized carbons (Fsp3) is 0.400. The lowest BCUT2D eigenvalue weighted by molar-refractivity contribution is -0.127. The van der Waals surface area contributed by atoms with Crippen molar-refractivity contribution < 1.29 is 14.3 Å². The summed E-state index contributed by atoms with van der Waals surface area (Å²) >= 11 is 6.26. The van der Waals surface area contributed by atoms with Gasteiger partial charge in [0, 0.05) is 36.8 Å². The Hall–Kier alpha value is -3.46. The van der Waals surface area contributed by atoms with Gasteiger partial charge in [0.05, 0.1) is 35.8 Å². The standard InChI is InChI=1S/C25H27ClN6O3/c1-35-22-12-17(18(26)14-28-22)20-13-21(31-30-20)25(34)32-10-7-16(8-11-32)24(33)29-19-6-2-4-15-5-3-9-27-23(15)19/h3,5,9,12-14,16,19H,2,4,6-8,10-11H2,1H3,(H,29,33)(H,30,31)/t19-/m0/s1. The van der Waals surface area contributed by atoms with E-state index in [-0.39, 0.29) is 23.8 Å². The number of aromatic amines is 1. The van der Waals surface area contributed by atoms with Crippen molar-refractivity contribution in [2.24, 2.45) is 5.92 Å². The monoisotopic (exact) mass is 494 g/mol. The van der Waals surface area contributed by atoms with Gasteiger partial charge in [-0.3, -0.25) is 19.7 Å². The number of H-pyrrole nitrogens is 1. The molecule has 2 aliphatic rings. The molecule has 0 aromatic carbocycles. The number of rotatable bonds is 5. The summed E-state index contributed by atoms with van der Waals surface area (Å²) in [7, 11) is 1.52. The lowest BCUT2D eigenvalue weighted by Gasteiger charge is -2.32. The number of fused-ring (bicyclic) bond motifs is 1. The molecule has 1 aliphatic heterocycles. The molecule has 3 aromatic rings. The number of aromatic nitrogens is 4. The molecule has 0 saturated carbocycles. The summed E-state index contributed by atoms with van der Waals surface area (Å²) < 4.78 is 5.16. The number of carbonyl (C=O) groups is 2. The second kappa shape index (κ2) is 10.0. The zero-order valence-corrected chi connectivity index (χ0v) is 20.2. The topological polar surface area (TPSA) is 113 Å². The van der Waals surface area contributed by atoms with Crippen molar-refractivity contribution in [1.29, 1.82) is 0 Å². The Labute approximate surface area is 208 Å². The molecule has 3 aromatic heterocycles. The Morgan fingerprint density at radius 3 is 2.83 bits per heavy atom. The molecule has 4 heterocycles. The Balaban J connectivity index is 1.19. The number of halogens is 1. The van der Waals surface area contributed by atoms with E-state index >= 15 is 0 Å². The molecule has 1 atom stereocenters. The van der Waals surface area contributed by atoms with Crippen LogP contribution >= 0.6 is 11.6 Å². The fourth-order valence-electron chi connectivity index (χ4n) is 4.85. The van der Waals surface area contributed by atoms with Gasteiger partial charge in [0.1, 0.15) is 5.69 Å². The summed E-state index contributed by atoms with van der Waals surface area (Å²) in [5, 5.41) is 10.7. The Morgan fingerprint density at radius 1 is 1.20 bits per heavy atom. The third kappa shape index (κ3) is 4.86. The SMILES string of the molecule is COc1cc(-c2cc(C(=O)N3CCC(C(=O)N[C@H]4CCCc5cccnc54)CC3)[nH]n2)c(Cl)cn1. The van der Waals surface area contributed by atoms with Gasteiger partial charge in [0.25, 0.3) is 5.91 Å². The molecule has 5 rings (SSSR count). The van der Waals surface area contributed by atoms with E-state index in [9.17, 15) is 9.59 Å². The molecule has 0 spiro atoms. The maximum Gasteiger partial charge on any atom is 0.271 e. The van der Waals surface area contributed by atoms with Crippen LogP contribution in [0.25, 0.3) is 11.3 Å². The van der Waals surface area contributed by atoms with Crippen LogP contribution in [0.3, 0.4) is 0 Å². The van der Waals surface area contributed by atoms with Crippen molar-refractivity contribution in [2.75, 3.05) is 20.2 Å². The first-order chi connectivity index (χ1) is 17.0. The van der Waals surface area contributed by atoms with Gasteiger partial charge < -0.3 is 15.0 Å². The molecular formula is C25H27ClN6O3. The molecule has 2 N–H and O–H groups in total. The molecule has 1 saturated heterocycles. The molecule has 0 bridgehead atoms. The number of nitrogens with one attached hydrogen (secondary N) is 2. The third-order valence-electron chi connectivity index (χ3n) is 6.79. The van der Waals surface area contributed by atoms with Gasteiger partial charge in [-0.1, -0.05) is 17.7 Å². The van der Waals surface area contributed by atoms with E-state index in [1.54, 1.807) is 23.2 Å². The van der Waals surface area contributed by atoms with Crippen LogP contribution in [0.15, 0.2) is 36.7 Å². The number of carbonyl (C=O) groups excluding carboxylic acids is 2. The lowest BCUT2D eigenvalue weighted by Crippen LogP contribution is -2.44. The minimum Gasteiger partial charge on any atom is -0.481 e. The van der Waals surface area contributed by atoms with E-state index < -0.39 is 0 Å². The quantitative estimate of drug-likeness (QED) is 0.560. The average molecular weight is 495 g/mol. The van der Waals surface area contributed by atoms with Crippen LogP contribution < -0.4 is 10.1 Å². The number of piperidine rings is 1. The van der Waals surface area contributed by atoms with Crippen LogP contribution in [0.5, 0.6) is 5.88 Å². The maximum absolute atomic E-state index is 13.1. The smallest absolute Gasteiger partial charge is 0.271 e. The highest BCUT2D eigenvalue weighted by atomic mass is 35.5. The number of hydrogen-bond acceptors (Lipinski definition) is 6. The van der Waals surface area contributed by atoms with Crippen molar-refractivity contribution in [2.45, 2.75) is 38.1 Å². The highest BCUT2D eigenvalue weighted by molar-refractivity contribution is 6.33. The summed E-state index contributed by atoms with van der Waals surface area (Å²) in [4.78, 5) is 36.4. The molecule has 2 amide bonds. The fourth-order valence-corrected chi connectivity index (χ4v) is 5.05. The minimum absolute atomic E-state index is 0.0332. The van der Waals surface area contributed by atoms with Gasteiger partial charge in [-0.2, -0.15) is 5.10 Å². The summed E-state index contributed by atoms with van der Waals surface area (Å²) in [5.74, 6) is 0.192. The average Bonchev–Trinajstić information content (AvgIpc) is 3.39. The zero-order valence-electron chi connectivity index (χ0n) is 19.5. The van der Waals surface area contributed by atoms with Gasteiger partial charge in [-0.25, -0.2) is 4.98 Å². The van der Waals surface area contributed by atoms with Crippen LogP contribution in [0.1, 0.15) is 53.5 Å². The summed E-state index contributed by atoms with van der Waals surface area (Å²) in [6.07, 6.45) is 7.47. The van der Waals surface area contributed by atoms with E-state index in [0.29, 0.717) is 53.8 Å². The summed E-state index contributed by atoms with van der Waals surface area (Å²) in [6.45, 7) is 1.02. The molecule has 1 aliphatic carbocycles. The number of aryl methyl sites for hydroxylation is 1. The summed E-state index contributed by atoms with van der Waals surface area (Å²) in [5.41, 5.74) is 3.74. The Morgan fingerprint density at radius 2 is 2.03 bits per heavy atom. The minimum atomic E-state index is -0.148. The maximum atomic E-state index is 13.1. The highest BCUT2D eigenvalue weighted by Gasteiger charge is 2.31. The highest BCUT2D eigenvalue weighted by Crippen LogP contribution is 2.31. The van der Waals surface area contributed by atoms with Crippen LogP contribution in [-0.2, 0) is 11.2 Å². The van der Waals surface area contributed by atoms with Crippen molar-refractivity contribution in [3.05, 3.63) is 58.6 Å². The molecule has 10 heteroatoms. The second-order valence-corrected chi connectivity index (χ2v) is 9.35. The number of ether oxygens (including phenoxy) is 1. The zero-order chi connectivity index (χ0) is 24.4. The number of amides is 2. The molecule has 0 radical (unpaired) electrons.